The van der Waals surface area contributed by atoms with E-state index < -0.39 is 0 Å². The average Bonchev–Trinajstić information content (AvgIpc) is 2.74. The summed E-state index contributed by atoms with van der Waals surface area (Å²) in [5.41, 5.74) is 0.848. The molecule has 0 spiro atoms. The number of esters is 1. The van der Waals surface area contributed by atoms with Crippen molar-refractivity contribution in [2.24, 2.45) is 5.92 Å². The number of halogens is 2. The second-order valence-corrected chi connectivity index (χ2v) is 6.39. The molecule has 0 N–H and O–H groups in total. The molecule has 1 saturated heterocycles. The molecule has 0 amide bonds. The molecule has 0 aromatic carbocycles. The van der Waals surface area contributed by atoms with Crippen molar-refractivity contribution in [3.05, 3.63) is 10.1 Å². The SMILES string of the molecule is CCCCCCCC/C(Br)=C1/C(=O)OCC1CBr. The summed E-state index contributed by atoms with van der Waals surface area (Å²) in [7, 11) is 0. The number of unbranched alkanes of at least 4 members (excludes halogenated alkanes) is 5. The van der Waals surface area contributed by atoms with Gasteiger partial charge < -0.3 is 4.74 Å². The van der Waals surface area contributed by atoms with Crippen molar-refractivity contribution in [1.29, 1.82) is 0 Å². The first-order valence-electron chi connectivity index (χ1n) is 6.82. The Morgan fingerprint density at radius 2 is 1.94 bits per heavy atom. The number of cyclic esters (lactones) is 1. The summed E-state index contributed by atoms with van der Waals surface area (Å²) in [6.45, 7) is 2.75. The Hall–Kier alpha value is 0.170. The summed E-state index contributed by atoms with van der Waals surface area (Å²) in [4.78, 5) is 11.6. The lowest BCUT2D eigenvalue weighted by Crippen LogP contribution is -2.06. The summed E-state index contributed by atoms with van der Waals surface area (Å²) < 4.78 is 6.14. The third-order valence-electron chi connectivity index (χ3n) is 3.27. The summed E-state index contributed by atoms with van der Waals surface area (Å²) in [6.07, 6.45) is 8.60. The molecule has 0 bridgehead atoms. The molecule has 0 radical (unpaired) electrons. The van der Waals surface area contributed by atoms with E-state index in [9.17, 15) is 4.79 Å². The van der Waals surface area contributed by atoms with E-state index in [0.29, 0.717) is 6.61 Å². The molecule has 4 heteroatoms. The minimum atomic E-state index is -0.141. The molecule has 1 fully saturated rings. The Bertz CT molecular complexity index is 300. The summed E-state index contributed by atoms with van der Waals surface area (Å²) >= 11 is 7.00. The molecule has 1 atom stereocenters. The first-order chi connectivity index (χ1) is 8.70. The maximum absolute atomic E-state index is 11.6. The van der Waals surface area contributed by atoms with Gasteiger partial charge in [0.05, 0.1) is 12.2 Å². The number of hydrogen-bond acceptors (Lipinski definition) is 2. The van der Waals surface area contributed by atoms with E-state index in [1.165, 1.54) is 32.1 Å². The highest BCUT2D eigenvalue weighted by Crippen LogP contribution is 2.31. The molecule has 104 valence electrons. The highest BCUT2D eigenvalue weighted by molar-refractivity contribution is 9.11. The van der Waals surface area contributed by atoms with Gasteiger partial charge in [-0.1, -0.05) is 70.9 Å². The van der Waals surface area contributed by atoms with Crippen LogP contribution in [0.4, 0.5) is 0 Å². The fourth-order valence-electron chi connectivity index (χ4n) is 2.15. The van der Waals surface area contributed by atoms with Crippen molar-refractivity contribution < 1.29 is 9.53 Å². The van der Waals surface area contributed by atoms with Crippen LogP contribution in [-0.4, -0.2) is 17.9 Å². The summed E-state index contributed by atoms with van der Waals surface area (Å²) in [5, 5.41) is 0.791. The van der Waals surface area contributed by atoms with E-state index in [1.807, 2.05) is 0 Å². The maximum Gasteiger partial charge on any atom is 0.335 e. The summed E-state index contributed by atoms with van der Waals surface area (Å²) in [6, 6.07) is 0. The van der Waals surface area contributed by atoms with Crippen molar-refractivity contribution in [2.75, 3.05) is 11.9 Å². The zero-order valence-corrected chi connectivity index (χ0v) is 14.2. The van der Waals surface area contributed by atoms with Crippen LogP contribution in [-0.2, 0) is 9.53 Å². The lowest BCUT2D eigenvalue weighted by molar-refractivity contribution is -0.135. The van der Waals surface area contributed by atoms with E-state index in [1.54, 1.807) is 0 Å². The second-order valence-electron chi connectivity index (χ2n) is 4.79. The van der Waals surface area contributed by atoms with Crippen molar-refractivity contribution in [3.8, 4) is 0 Å². The highest BCUT2D eigenvalue weighted by Gasteiger charge is 2.31. The topological polar surface area (TPSA) is 26.3 Å². The van der Waals surface area contributed by atoms with Crippen LogP contribution < -0.4 is 0 Å². The van der Waals surface area contributed by atoms with Gasteiger partial charge in [-0.25, -0.2) is 4.79 Å². The van der Waals surface area contributed by atoms with Crippen molar-refractivity contribution in [1.82, 2.24) is 0 Å². The lowest BCUT2D eigenvalue weighted by atomic mass is 10.0. The van der Waals surface area contributed by atoms with E-state index in [2.05, 4.69) is 38.8 Å². The van der Waals surface area contributed by atoms with Crippen LogP contribution in [0.15, 0.2) is 10.1 Å². The Balaban J connectivity index is 2.33. The first kappa shape index (κ1) is 16.2. The number of allylic oxidation sites excluding steroid dienone is 1. The van der Waals surface area contributed by atoms with E-state index in [0.717, 1.165) is 28.2 Å². The standard InChI is InChI=1S/C14H22Br2O2/c1-2-3-4-5-6-7-8-12(16)13-11(9-15)10-18-14(13)17/h11H,2-10H2,1H3/b13-12-. The van der Waals surface area contributed by atoms with Crippen molar-refractivity contribution in [3.63, 3.8) is 0 Å². The minimum Gasteiger partial charge on any atom is -0.462 e. The first-order valence-corrected chi connectivity index (χ1v) is 8.73. The molecular formula is C14H22Br2O2. The Labute approximate surface area is 127 Å². The van der Waals surface area contributed by atoms with Crippen LogP contribution in [0, 0.1) is 5.92 Å². The molecule has 1 aliphatic heterocycles. The number of carbonyl (C=O) groups is 1. The predicted octanol–water partition coefficient (Wildman–Crippen LogP) is 4.95. The van der Waals surface area contributed by atoms with Crippen LogP contribution in [0.5, 0.6) is 0 Å². The zero-order valence-electron chi connectivity index (χ0n) is 11.0. The number of ether oxygens (including phenoxy) is 1. The molecule has 18 heavy (non-hydrogen) atoms. The molecule has 1 unspecified atom stereocenters. The Morgan fingerprint density at radius 3 is 2.61 bits per heavy atom. The molecule has 1 heterocycles. The van der Waals surface area contributed by atoms with Crippen LogP contribution in [0.25, 0.3) is 0 Å². The molecular weight excluding hydrogens is 360 g/mol. The average molecular weight is 382 g/mol. The molecule has 1 aliphatic rings. The van der Waals surface area contributed by atoms with Crippen LogP contribution in [0.1, 0.15) is 51.9 Å². The quantitative estimate of drug-likeness (QED) is 0.257. The molecule has 0 saturated carbocycles. The highest BCUT2D eigenvalue weighted by atomic mass is 79.9. The van der Waals surface area contributed by atoms with E-state index in [4.69, 9.17) is 4.74 Å². The largest absolute Gasteiger partial charge is 0.462 e. The minimum absolute atomic E-state index is 0.141. The number of carbonyl (C=O) groups excluding carboxylic acids is 1. The van der Waals surface area contributed by atoms with Gasteiger partial charge in [0.15, 0.2) is 0 Å². The van der Waals surface area contributed by atoms with E-state index >= 15 is 0 Å². The van der Waals surface area contributed by atoms with Gasteiger partial charge in [0.1, 0.15) is 0 Å². The fourth-order valence-corrected chi connectivity index (χ4v) is 3.43. The molecule has 2 nitrogen and oxygen atoms in total. The smallest absolute Gasteiger partial charge is 0.335 e. The monoisotopic (exact) mass is 380 g/mol. The molecule has 0 aromatic heterocycles. The summed E-state index contributed by atoms with van der Waals surface area (Å²) in [5.74, 6) is 0.0734. The van der Waals surface area contributed by atoms with Crippen LogP contribution in [0.2, 0.25) is 0 Å². The van der Waals surface area contributed by atoms with Crippen molar-refractivity contribution in [2.45, 2.75) is 51.9 Å². The maximum atomic E-state index is 11.6. The molecule has 1 rings (SSSR count). The van der Waals surface area contributed by atoms with Gasteiger partial charge in [0.2, 0.25) is 0 Å². The van der Waals surface area contributed by atoms with Gasteiger partial charge in [-0.3, -0.25) is 0 Å². The van der Waals surface area contributed by atoms with E-state index in [-0.39, 0.29) is 11.9 Å². The predicted molar refractivity (Wildman–Crippen MR) is 82.2 cm³/mol. The van der Waals surface area contributed by atoms with Crippen molar-refractivity contribution >= 4 is 37.8 Å². The normalized spacial score (nSPS) is 22.2. The molecule has 0 aromatic rings. The molecule has 0 aliphatic carbocycles. The number of rotatable bonds is 8. The lowest BCUT2D eigenvalue weighted by Gasteiger charge is -2.07. The number of alkyl halides is 1. The van der Waals surface area contributed by atoms with Gasteiger partial charge in [-0.2, -0.15) is 0 Å². The Kier molecular flexibility index (Phi) is 8.23. The third kappa shape index (κ3) is 5.04. The van der Waals surface area contributed by atoms with Gasteiger partial charge in [0, 0.05) is 15.7 Å². The number of hydrogen-bond donors (Lipinski definition) is 0. The Morgan fingerprint density at radius 1 is 1.28 bits per heavy atom. The fraction of sp³-hybridized carbons (Fsp3) is 0.786. The van der Waals surface area contributed by atoms with Crippen LogP contribution in [0.3, 0.4) is 0 Å². The van der Waals surface area contributed by atoms with Crippen LogP contribution >= 0.6 is 31.9 Å². The van der Waals surface area contributed by atoms with Gasteiger partial charge in [-0.15, -0.1) is 0 Å². The van der Waals surface area contributed by atoms with Gasteiger partial charge in [0.25, 0.3) is 0 Å². The zero-order chi connectivity index (χ0) is 13.4. The van der Waals surface area contributed by atoms with Gasteiger partial charge >= 0.3 is 5.97 Å². The third-order valence-corrected chi connectivity index (χ3v) is 4.88. The van der Waals surface area contributed by atoms with Gasteiger partial charge in [-0.05, 0) is 12.8 Å². The second kappa shape index (κ2) is 9.13.